The number of nitrogens with two attached hydrogens (primary N) is 1. The van der Waals surface area contributed by atoms with Gasteiger partial charge in [0.05, 0.1) is 5.56 Å². The molecular formula is C14H16N2O4. The Morgan fingerprint density at radius 2 is 1.85 bits per heavy atom. The van der Waals surface area contributed by atoms with Crippen LogP contribution in [0.25, 0.3) is 0 Å². The van der Waals surface area contributed by atoms with E-state index in [0.717, 1.165) is 18.4 Å². The largest absolute Gasteiger partial charge is 0.478 e. The lowest BCUT2D eigenvalue weighted by molar-refractivity contribution is -0.128. The minimum atomic E-state index is -1.01. The number of primary amides is 1. The summed E-state index contributed by atoms with van der Waals surface area (Å²) in [5.41, 5.74) is 6.20. The van der Waals surface area contributed by atoms with E-state index in [2.05, 4.69) is 5.32 Å². The molecule has 0 aromatic heterocycles. The first-order valence-electron chi connectivity index (χ1n) is 6.39. The van der Waals surface area contributed by atoms with E-state index in [0.29, 0.717) is 0 Å². The summed E-state index contributed by atoms with van der Waals surface area (Å²) in [5, 5.41) is 11.4. The van der Waals surface area contributed by atoms with Gasteiger partial charge in [-0.2, -0.15) is 0 Å². The van der Waals surface area contributed by atoms with Gasteiger partial charge in [-0.15, -0.1) is 0 Å². The van der Waals surface area contributed by atoms with Crippen LogP contribution in [-0.2, 0) is 16.0 Å². The van der Waals surface area contributed by atoms with Crippen LogP contribution in [0.4, 0.5) is 0 Å². The standard InChI is InChI=1S/C14H16N2O4/c15-12(17)11(16-13(18)9-5-6-9)7-8-1-3-10(4-2-8)14(19)20/h1-4,9,11H,5-7H2,(H2,15,17)(H,16,18)(H,19,20)/t11-/m1/s1. The maximum absolute atomic E-state index is 11.7. The molecule has 0 radical (unpaired) electrons. The lowest BCUT2D eigenvalue weighted by atomic mass is 10.0. The van der Waals surface area contributed by atoms with Gasteiger partial charge in [0.1, 0.15) is 6.04 Å². The molecule has 0 heterocycles. The van der Waals surface area contributed by atoms with E-state index in [9.17, 15) is 14.4 Å². The molecule has 0 unspecified atom stereocenters. The molecule has 20 heavy (non-hydrogen) atoms. The van der Waals surface area contributed by atoms with Gasteiger partial charge in [0.15, 0.2) is 0 Å². The predicted molar refractivity (Wildman–Crippen MR) is 71.0 cm³/mol. The Balaban J connectivity index is 2.01. The molecule has 0 bridgehead atoms. The summed E-state index contributed by atoms with van der Waals surface area (Å²) >= 11 is 0. The number of aromatic carboxylic acids is 1. The van der Waals surface area contributed by atoms with Gasteiger partial charge in [-0.3, -0.25) is 9.59 Å². The predicted octanol–water partition coefficient (Wildman–Crippen LogP) is 0.307. The summed E-state index contributed by atoms with van der Waals surface area (Å²) < 4.78 is 0. The highest BCUT2D eigenvalue weighted by Crippen LogP contribution is 2.28. The smallest absolute Gasteiger partial charge is 0.335 e. The van der Waals surface area contributed by atoms with E-state index in [-0.39, 0.29) is 23.8 Å². The molecule has 0 saturated heterocycles. The van der Waals surface area contributed by atoms with Crippen molar-refractivity contribution in [1.82, 2.24) is 5.32 Å². The Bertz CT molecular complexity index is 535. The summed E-state index contributed by atoms with van der Waals surface area (Å²) in [5.74, 6) is -1.74. The molecule has 6 heteroatoms. The van der Waals surface area contributed by atoms with Gasteiger partial charge in [0.25, 0.3) is 0 Å². The van der Waals surface area contributed by atoms with E-state index < -0.39 is 17.9 Å². The van der Waals surface area contributed by atoms with E-state index >= 15 is 0 Å². The second-order valence-electron chi connectivity index (χ2n) is 4.94. The first kappa shape index (κ1) is 14.0. The molecule has 1 aliphatic carbocycles. The highest BCUT2D eigenvalue weighted by atomic mass is 16.4. The van der Waals surface area contributed by atoms with Crippen molar-refractivity contribution in [3.05, 3.63) is 35.4 Å². The molecule has 0 aliphatic heterocycles. The van der Waals surface area contributed by atoms with Crippen LogP contribution >= 0.6 is 0 Å². The number of carbonyl (C=O) groups is 3. The molecule has 0 spiro atoms. The summed E-state index contributed by atoms with van der Waals surface area (Å²) in [6, 6.07) is 5.38. The number of hydrogen-bond donors (Lipinski definition) is 3. The number of benzene rings is 1. The number of carboxylic acid groups (broad SMARTS) is 1. The van der Waals surface area contributed by atoms with Crippen LogP contribution in [0.2, 0.25) is 0 Å². The second kappa shape index (κ2) is 5.73. The van der Waals surface area contributed by atoms with E-state index in [1.165, 1.54) is 12.1 Å². The number of amides is 2. The molecule has 4 N–H and O–H groups in total. The van der Waals surface area contributed by atoms with Crippen LogP contribution in [0.5, 0.6) is 0 Å². The fraction of sp³-hybridized carbons (Fsp3) is 0.357. The van der Waals surface area contributed by atoms with Crippen molar-refractivity contribution >= 4 is 17.8 Å². The van der Waals surface area contributed by atoms with E-state index in [1.54, 1.807) is 12.1 Å². The molecular weight excluding hydrogens is 260 g/mol. The molecule has 106 valence electrons. The lowest BCUT2D eigenvalue weighted by Crippen LogP contribution is -2.46. The molecule has 1 aromatic carbocycles. The second-order valence-corrected chi connectivity index (χ2v) is 4.94. The Hall–Kier alpha value is -2.37. The van der Waals surface area contributed by atoms with Gasteiger partial charge in [-0.05, 0) is 30.5 Å². The molecule has 1 aromatic rings. The third-order valence-electron chi connectivity index (χ3n) is 3.25. The van der Waals surface area contributed by atoms with Gasteiger partial charge in [0, 0.05) is 12.3 Å². The lowest BCUT2D eigenvalue weighted by Gasteiger charge is -2.15. The molecule has 2 rings (SSSR count). The number of carboxylic acids is 1. The summed E-state index contributed by atoms with van der Waals surface area (Å²) in [6.45, 7) is 0. The third-order valence-corrected chi connectivity index (χ3v) is 3.25. The monoisotopic (exact) mass is 276 g/mol. The van der Waals surface area contributed by atoms with Crippen molar-refractivity contribution in [2.45, 2.75) is 25.3 Å². The molecule has 1 fully saturated rings. The third kappa shape index (κ3) is 3.57. The Labute approximate surface area is 116 Å². The quantitative estimate of drug-likeness (QED) is 0.694. The van der Waals surface area contributed by atoms with Gasteiger partial charge in [0.2, 0.25) is 11.8 Å². The van der Waals surface area contributed by atoms with Crippen molar-refractivity contribution in [1.29, 1.82) is 0 Å². The van der Waals surface area contributed by atoms with E-state index in [4.69, 9.17) is 10.8 Å². The minimum absolute atomic E-state index is 0.00577. The Morgan fingerprint density at radius 3 is 2.30 bits per heavy atom. The number of nitrogens with one attached hydrogen (secondary N) is 1. The number of carbonyl (C=O) groups excluding carboxylic acids is 2. The van der Waals surface area contributed by atoms with Crippen LogP contribution in [0.1, 0.15) is 28.8 Å². The summed E-state index contributed by atoms with van der Waals surface area (Å²) in [4.78, 5) is 33.8. The van der Waals surface area contributed by atoms with Crippen LogP contribution in [0.15, 0.2) is 24.3 Å². The topological polar surface area (TPSA) is 109 Å². The maximum atomic E-state index is 11.7. The van der Waals surface area contributed by atoms with Gasteiger partial charge < -0.3 is 16.2 Å². The van der Waals surface area contributed by atoms with E-state index in [1.807, 2.05) is 0 Å². The van der Waals surface area contributed by atoms with Crippen LogP contribution in [0, 0.1) is 5.92 Å². The van der Waals surface area contributed by atoms with Crippen molar-refractivity contribution in [2.24, 2.45) is 11.7 Å². The summed E-state index contributed by atoms with van der Waals surface area (Å²) in [6.07, 6.45) is 1.96. The molecule has 6 nitrogen and oxygen atoms in total. The van der Waals surface area contributed by atoms with Gasteiger partial charge >= 0.3 is 5.97 Å². The summed E-state index contributed by atoms with van der Waals surface area (Å²) in [7, 11) is 0. The minimum Gasteiger partial charge on any atom is -0.478 e. The fourth-order valence-corrected chi connectivity index (χ4v) is 1.88. The van der Waals surface area contributed by atoms with Crippen LogP contribution in [0.3, 0.4) is 0 Å². The Kier molecular flexibility index (Phi) is 4.02. The first-order valence-corrected chi connectivity index (χ1v) is 6.39. The van der Waals surface area contributed by atoms with Crippen LogP contribution in [-0.4, -0.2) is 28.9 Å². The van der Waals surface area contributed by atoms with Crippen molar-refractivity contribution in [3.63, 3.8) is 0 Å². The normalized spacial score (nSPS) is 15.4. The highest BCUT2D eigenvalue weighted by Gasteiger charge is 2.32. The molecule has 1 saturated carbocycles. The van der Waals surface area contributed by atoms with Crippen LogP contribution < -0.4 is 11.1 Å². The SMILES string of the molecule is NC(=O)[C@@H](Cc1ccc(C(=O)O)cc1)NC(=O)C1CC1. The number of rotatable bonds is 6. The maximum Gasteiger partial charge on any atom is 0.335 e. The zero-order valence-electron chi connectivity index (χ0n) is 10.8. The van der Waals surface area contributed by atoms with Gasteiger partial charge in [-0.1, -0.05) is 12.1 Å². The average Bonchev–Trinajstić information content (AvgIpc) is 3.22. The van der Waals surface area contributed by atoms with Crippen molar-refractivity contribution < 1.29 is 19.5 Å². The first-order chi connectivity index (χ1) is 9.47. The zero-order valence-corrected chi connectivity index (χ0v) is 10.8. The van der Waals surface area contributed by atoms with Crippen molar-refractivity contribution in [3.8, 4) is 0 Å². The highest BCUT2D eigenvalue weighted by molar-refractivity contribution is 5.89. The molecule has 1 aliphatic rings. The molecule has 2 amide bonds. The fourth-order valence-electron chi connectivity index (χ4n) is 1.88. The van der Waals surface area contributed by atoms with Gasteiger partial charge in [-0.25, -0.2) is 4.79 Å². The average molecular weight is 276 g/mol. The Morgan fingerprint density at radius 1 is 1.25 bits per heavy atom. The number of hydrogen-bond acceptors (Lipinski definition) is 3. The van der Waals surface area contributed by atoms with Crippen molar-refractivity contribution in [2.75, 3.05) is 0 Å². The molecule has 1 atom stereocenters. The zero-order chi connectivity index (χ0) is 14.7.